The minimum absolute atomic E-state index is 0.148. The number of ketones is 1. The molecule has 35 heavy (non-hydrogen) atoms. The van der Waals surface area contributed by atoms with E-state index in [9.17, 15) is 22.8 Å². The summed E-state index contributed by atoms with van der Waals surface area (Å²) in [6.07, 6.45) is -7.47. The summed E-state index contributed by atoms with van der Waals surface area (Å²) in [5.41, 5.74) is -1.41. The maximum Gasteiger partial charge on any atom is 0.432 e. The lowest BCUT2D eigenvalue weighted by molar-refractivity contribution is -0.280. The van der Waals surface area contributed by atoms with Crippen LogP contribution < -0.4 is 0 Å². The second-order valence-electron chi connectivity index (χ2n) is 8.68. The number of methoxy groups -OCH3 is 2. The van der Waals surface area contributed by atoms with Crippen molar-refractivity contribution in [3.05, 3.63) is 82.4 Å². The number of benzene rings is 3. The SMILES string of the molecule is CO[C@@H]1CC(=O)c2c(cc(C)c3ccc(C)cc23)[C@H]1OC(=O)[C@](OC)(c1ccccc1)C(F)(F)F. The zero-order valence-corrected chi connectivity index (χ0v) is 19.7. The van der Waals surface area contributed by atoms with E-state index in [0.717, 1.165) is 35.8 Å². The van der Waals surface area contributed by atoms with E-state index in [1.807, 2.05) is 32.0 Å². The second kappa shape index (κ2) is 9.09. The van der Waals surface area contributed by atoms with Crippen molar-refractivity contribution < 1.29 is 37.0 Å². The number of esters is 1. The molecule has 5 nitrogen and oxygen atoms in total. The number of aryl methyl sites for hydroxylation is 2. The summed E-state index contributed by atoms with van der Waals surface area (Å²) in [7, 11) is 2.14. The summed E-state index contributed by atoms with van der Waals surface area (Å²) in [5, 5.41) is 1.51. The van der Waals surface area contributed by atoms with Gasteiger partial charge in [-0.2, -0.15) is 13.2 Å². The van der Waals surface area contributed by atoms with Crippen molar-refractivity contribution >= 4 is 22.5 Å². The van der Waals surface area contributed by atoms with Crippen molar-refractivity contribution in [2.75, 3.05) is 14.2 Å². The van der Waals surface area contributed by atoms with Gasteiger partial charge in [-0.1, -0.05) is 60.2 Å². The van der Waals surface area contributed by atoms with Crippen molar-refractivity contribution in [1.29, 1.82) is 0 Å². The van der Waals surface area contributed by atoms with Crippen molar-refractivity contribution in [3.63, 3.8) is 0 Å². The third-order valence-electron chi connectivity index (χ3n) is 6.55. The van der Waals surface area contributed by atoms with Gasteiger partial charge in [-0.15, -0.1) is 0 Å². The molecule has 0 fully saturated rings. The van der Waals surface area contributed by atoms with Gasteiger partial charge in [0, 0.05) is 37.3 Å². The molecule has 0 radical (unpaired) electrons. The van der Waals surface area contributed by atoms with Crippen molar-refractivity contribution in [2.45, 2.75) is 44.3 Å². The van der Waals surface area contributed by atoms with Gasteiger partial charge in [-0.3, -0.25) is 4.79 Å². The molecule has 1 aliphatic carbocycles. The van der Waals surface area contributed by atoms with Crippen LogP contribution in [0, 0.1) is 13.8 Å². The summed E-state index contributed by atoms with van der Waals surface area (Å²) in [6, 6.07) is 14.0. The molecule has 3 aromatic carbocycles. The van der Waals surface area contributed by atoms with Crippen LogP contribution in [0.1, 0.15) is 45.1 Å². The Morgan fingerprint density at radius 3 is 2.26 bits per heavy atom. The fourth-order valence-corrected chi connectivity index (χ4v) is 4.81. The molecule has 0 spiro atoms. The number of carbonyl (C=O) groups is 2. The van der Waals surface area contributed by atoms with Gasteiger partial charge < -0.3 is 14.2 Å². The van der Waals surface area contributed by atoms with E-state index in [0.29, 0.717) is 16.5 Å². The fraction of sp³-hybridized carbons (Fsp3) is 0.333. The van der Waals surface area contributed by atoms with Gasteiger partial charge >= 0.3 is 12.1 Å². The van der Waals surface area contributed by atoms with Crippen LogP contribution in [-0.4, -0.2) is 38.3 Å². The Labute approximate surface area is 200 Å². The Hall–Kier alpha value is -3.23. The van der Waals surface area contributed by atoms with Gasteiger partial charge in [0.15, 0.2) is 11.9 Å². The third kappa shape index (κ3) is 4.00. The van der Waals surface area contributed by atoms with E-state index in [-0.39, 0.29) is 12.2 Å². The van der Waals surface area contributed by atoms with Gasteiger partial charge in [0.05, 0.1) is 0 Å². The Morgan fingerprint density at radius 2 is 1.66 bits per heavy atom. The molecule has 3 aromatic rings. The molecule has 0 aromatic heterocycles. The average molecular weight is 486 g/mol. The van der Waals surface area contributed by atoms with Gasteiger partial charge in [-0.25, -0.2) is 4.79 Å². The number of Topliss-reactive ketones (excluding diaryl/α,β-unsaturated/α-hetero) is 1. The van der Waals surface area contributed by atoms with E-state index in [4.69, 9.17) is 14.2 Å². The van der Waals surface area contributed by atoms with E-state index in [1.165, 1.54) is 25.3 Å². The van der Waals surface area contributed by atoms with Gasteiger partial charge in [0.2, 0.25) is 0 Å². The van der Waals surface area contributed by atoms with Crippen LogP contribution in [0.2, 0.25) is 0 Å². The number of alkyl halides is 3. The molecule has 0 saturated carbocycles. The number of halogens is 3. The van der Waals surface area contributed by atoms with E-state index in [2.05, 4.69) is 0 Å². The molecule has 0 aliphatic heterocycles. The number of ether oxygens (including phenoxy) is 3. The lowest BCUT2D eigenvalue weighted by atomic mass is 9.81. The van der Waals surface area contributed by atoms with E-state index in [1.54, 1.807) is 6.07 Å². The number of hydrogen-bond donors (Lipinski definition) is 0. The second-order valence-corrected chi connectivity index (χ2v) is 8.68. The first-order valence-electron chi connectivity index (χ1n) is 11.0. The van der Waals surface area contributed by atoms with Crippen LogP contribution >= 0.6 is 0 Å². The van der Waals surface area contributed by atoms with Crippen LogP contribution in [0.25, 0.3) is 10.8 Å². The molecule has 0 N–H and O–H groups in total. The fourth-order valence-electron chi connectivity index (χ4n) is 4.81. The van der Waals surface area contributed by atoms with E-state index >= 15 is 0 Å². The number of hydrogen-bond acceptors (Lipinski definition) is 5. The molecule has 1 aliphatic rings. The Morgan fingerprint density at radius 1 is 0.971 bits per heavy atom. The molecule has 0 bridgehead atoms. The number of fused-ring (bicyclic) bond motifs is 3. The van der Waals surface area contributed by atoms with Crippen LogP contribution in [0.3, 0.4) is 0 Å². The van der Waals surface area contributed by atoms with Crippen molar-refractivity contribution in [2.24, 2.45) is 0 Å². The predicted octanol–water partition coefficient (Wildman–Crippen LogP) is 5.75. The first-order valence-corrected chi connectivity index (χ1v) is 11.0. The summed E-state index contributed by atoms with van der Waals surface area (Å²) in [6.45, 7) is 3.71. The minimum Gasteiger partial charge on any atom is -0.452 e. The summed E-state index contributed by atoms with van der Waals surface area (Å²) in [5.74, 6) is -1.86. The lowest BCUT2D eigenvalue weighted by Gasteiger charge is -2.37. The number of rotatable bonds is 5. The molecule has 0 amide bonds. The molecule has 4 rings (SSSR count). The molecular formula is C27H25F3O5. The van der Waals surface area contributed by atoms with Crippen LogP contribution in [0.5, 0.6) is 0 Å². The Balaban J connectivity index is 1.88. The maximum atomic E-state index is 14.4. The standard InChI is InChI=1S/C27H25F3O5/c1-15-10-11-18-16(2)13-20-23(19(18)12-15)21(31)14-22(33-3)24(20)35-25(32)26(34-4,27(28,29)30)17-8-6-5-7-9-17/h5-13,22,24H,14H2,1-4H3/t22-,24-,26-/m1/s1. The quantitative estimate of drug-likeness (QED) is 0.430. The Bertz CT molecular complexity index is 1290. The monoisotopic (exact) mass is 486 g/mol. The highest BCUT2D eigenvalue weighted by molar-refractivity contribution is 6.11. The zero-order valence-electron chi connectivity index (χ0n) is 19.7. The largest absolute Gasteiger partial charge is 0.452 e. The first-order chi connectivity index (χ1) is 16.5. The smallest absolute Gasteiger partial charge is 0.432 e. The normalized spacial score (nSPS) is 19.8. The van der Waals surface area contributed by atoms with Crippen LogP contribution in [-0.2, 0) is 24.6 Å². The highest BCUT2D eigenvalue weighted by Crippen LogP contribution is 2.46. The van der Waals surface area contributed by atoms with Gasteiger partial charge in [-0.05, 0) is 30.2 Å². The molecule has 8 heteroatoms. The third-order valence-corrected chi connectivity index (χ3v) is 6.55. The summed E-state index contributed by atoms with van der Waals surface area (Å²) >= 11 is 0. The molecule has 0 unspecified atom stereocenters. The van der Waals surface area contributed by atoms with Gasteiger partial charge in [0.25, 0.3) is 5.60 Å². The average Bonchev–Trinajstić information content (AvgIpc) is 2.81. The molecule has 0 heterocycles. The zero-order chi connectivity index (χ0) is 25.5. The van der Waals surface area contributed by atoms with Crippen LogP contribution in [0.15, 0.2) is 54.6 Å². The molecule has 0 saturated heterocycles. The maximum absolute atomic E-state index is 14.4. The molecular weight excluding hydrogens is 461 g/mol. The first kappa shape index (κ1) is 24.9. The summed E-state index contributed by atoms with van der Waals surface area (Å²) in [4.78, 5) is 26.5. The van der Waals surface area contributed by atoms with E-state index < -0.39 is 35.5 Å². The highest BCUT2D eigenvalue weighted by atomic mass is 19.4. The molecule has 3 atom stereocenters. The van der Waals surface area contributed by atoms with Crippen molar-refractivity contribution in [1.82, 2.24) is 0 Å². The highest BCUT2D eigenvalue weighted by Gasteiger charge is 2.64. The number of carbonyl (C=O) groups excluding carboxylic acids is 2. The van der Waals surface area contributed by atoms with Crippen LogP contribution in [0.4, 0.5) is 13.2 Å². The minimum atomic E-state index is -5.12. The van der Waals surface area contributed by atoms with Crippen molar-refractivity contribution in [3.8, 4) is 0 Å². The predicted molar refractivity (Wildman–Crippen MR) is 123 cm³/mol. The Kier molecular flexibility index (Phi) is 6.46. The summed E-state index contributed by atoms with van der Waals surface area (Å²) < 4.78 is 59.1. The lowest BCUT2D eigenvalue weighted by Crippen LogP contribution is -2.52. The van der Waals surface area contributed by atoms with Gasteiger partial charge in [0.1, 0.15) is 6.10 Å². The topological polar surface area (TPSA) is 61.8 Å². The molecule has 184 valence electrons.